The minimum Gasteiger partial charge on any atom is -0.348 e. The van der Waals surface area contributed by atoms with E-state index < -0.39 is 9.84 Å². The molecule has 1 saturated carbocycles. The van der Waals surface area contributed by atoms with Gasteiger partial charge in [0.15, 0.2) is 9.84 Å². The van der Waals surface area contributed by atoms with Crippen molar-refractivity contribution in [2.24, 2.45) is 11.7 Å². The number of benzene rings is 1. The zero-order valence-corrected chi connectivity index (χ0v) is 17.0. The molecule has 6 nitrogen and oxygen atoms in total. The highest BCUT2D eigenvalue weighted by atomic mass is 35.5. The van der Waals surface area contributed by atoms with Crippen molar-refractivity contribution in [2.45, 2.75) is 25.4 Å². The van der Waals surface area contributed by atoms with E-state index in [9.17, 15) is 13.2 Å². The van der Waals surface area contributed by atoms with Gasteiger partial charge in [0.1, 0.15) is 0 Å². The normalized spacial score (nSPS) is 20.3. The molecule has 0 spiro atoms. The molecule has 1 aromatic carbocycles. The summed E-state index contributed by atoms with van der Waals surface area (Å²) in [4.78, 5) is 14.5. The predicted octanol–water partition coefficient (Wildman–Crippen LogP) is 1.23. The first-order valence-electron chi connectivity index (χ1n) is 8.49. The van der Waals surface area contributed by atoms with E-state index in [1.165, 1.54) is 0 Å². The van der Waals surface area contributed by atoms with Crippen LogP contribution in [0.2, 0.25) is 0 Å². The molecular weight excluding hydrogens is 397 g/mol. The van der Waals surface area contributed by atoms with Crippen LogP contribution < -0.4 is 11.1 Å². The molecular formula is C17H27Cl2N3O3S. The van der Waals surface area contributed by atoms with Crippen molar-refractivity contribution in [1.29, 1.82) is 0 Å². The molecule has 2 aliphatic rings. The first kappa shape index (κ1) is 23.2. The van der Waals surface area contributed by atoms with Crippen molar-refractivity contribution in [1.82, 2.24) is 10.2 Å². The van der Waals surface area contributed by atoms with Gasteiger partial charge in [-0.3, -0.25) is 9.69 Å². The average Bonchev–Trinajstić information content (AvgIpc) is 3.39. The summed E-state index contributed by atoms with van der Waals surface area (Å²) in [5, 5.41) is 3.03. The number of nitrogens with zero attached hydrogens (tertiary/aromatic N) is 1. The monoisotopic (exact) mass is 423 g/mol. The number of sulfone groups is 1. The maximum absolute atomic E-state index is 12.4. The Morgan fingerprint density at radius 1 is 1.23 bits per heavy atom. The Kier molecular flexibility index (Phi) is 8.82. The second kappa shape index (κ2) is 9.90. The van der Waals surface area contributed by atoms with Gasteiger partial charge in [-0.25, -0.2) is 8.42 Å². The minimum atomic E-state index is -2.87. The number of nitrogens with two attached hydrogens (primary N) is 1. The fourth-order valence-electron chi connectivity index (χ4n) is 3.10. The lowest BCUT2D eigenvalue weighted by molar-refractivity contribution is 0.0933. The second-order valence-electron chi connectivity index (χ2n) is 6.78. The minimum absolute atomic E-state index is 0. The number of nitrogens with one attached hydrogen (secondary N) is 1. The van der Waals surface area contributed by atoms with Crippen molar-refractivity contribution in [2.75, 3.05) is 31.1 Å². The first-order valence-corrected chi connectivity index (χ1v) is 10.3. The molecule has 0 bridgehead atoms. The summed E-state index contributed by atoms with van der Waals surface area (Å²) in [5.41, 5.74) is 7.41. The summed E-state index contributed by atoms with van der Waals surface area (Å²) in [7, 11) is -2.87. The van der Waals surface area contributed by atoms with E-state index in [2.05, 4.69) is 10.2 Å². The van der Waals surface area contributed by atoms with Crippen LogP contribution in [0.1, 0.15) is 28.8 Å². The summed E-state index contributed by atoms with van der Waals surface area (Å²) >= 11 is 0. The van der Waals surface area contributed by atoms with Gasteiger partial charge in [-0.2, -0.15) is 0 Å². The van der Waals surface area contributed by atoms with Crippen molar-refractivity contribution < 1.29 is 13.2 Å². The maximum atomic E-state index is 12.4. The molecule has 1 unspecified atom stereocenters. The van der Waals surface area contributed by atoms with E-state index >= 15 is 0 Å². The molecule has 3 N–H and O–H groups in total. The average molecular weight is 424 g/mol. The Bertz CT molecular complexity index is 697. The van der Waals surface area contributed by atoms with Crippen LogP contribution in [0.25, 0.3) is 0 Å². The van der Waals surface area contributed by atoms with Crippen LogP contribution in [0.3, 0.4) is 0 Å². The lowest BCUT2D eigenvalue weighted by Gasteiger charge is -2.26. The van der Waals surface area contributed by atoms with Crippen LogP contribution in [0.5, 0.6) is 0 Å². The molecule has 0 aromatic heterocycles. The Labute approximate surface area is 167 Å². The Hall–Kier alpha value is -0.860. The van der Waals surface area contributed by atoms with Gasteiger partial charge in [0.25, 0.3) is 5.91 Å². The van der Waals surface area contributed by atoms with Crippen LogP contribution in [0, 0.1) is 5.92 Å². The highest BCUT2D eigenvalue weighted by Crippen LogP contribution is 2.32. The van der Waals surface area contributed by atoms with E-state index in [1.807, 2.05) is 18.2 Å². The first-order chi connectivity index (χ1) is 11.5. The predicted molar refractivity (Wildman–Crippen MR) is 108 cm³/mol. The van der Waals surface area contributed by atoms with Crippen LogP contribution in [-0.4, -0.2) is 56.4 Å². The molecule has 26 heavy (non-hydrogen) atoms. The quantitative estimate of drug-likeness (QED) is 0.717. The zero-order chi connectivity index (χ0) is 17.2. The molecule has 2 fully saturated rings. The van der Waals surface area contributed by atoms with Gasteiger partial charge in [0, 0.05) is 37.8 Å². The molecule has 1 aliphatic heterocycles. The summed E-state index contributed by atoms with van der Waals surface area (Å²) in [6, 6.07) is 7.60. The number of amides is 1. The Morgan fingerprint density at radius 3 is 2.46 bits per heavy atom. The smallest absolute Gasteiger partial charge is 0.251 e. The molecule has 148 valence electrons. The van der Waals surface area contributed by atoms with Gasteiger partial charge in [-0.15, -0.1) is 24.8 Å². The third-order valence-electron chi connectivity index (χ3n) is 4.79. The van der Waals surface area contributed by atoms with Crippen LogP contribution in [0.4, 0.5) is 0 Å². The Morgan fingerprint density at radius 2 is 1.88 bits per heavy atom. The number of halogens is 2. The van der Waals surface area contributed by atoms with E-state index in [0.717, 1.165) is 18.4 Å². The van der Waals surface area contributed by atoms with Crippen molar-refractivity contribution in [3.05, 3.63) is 35.4 Å². The van der Waals surface area contributed by atoms with Crippen LogP contribution >= 0.6 is 24.8 Å². The van der Waals surface area contributed by atoms with Gasteiger partial charge in [0.2, 0.25) is 0 Å². The number of hydrogen-bond donors (Lipinski definition) is 2. The van der Waals surface area contributed by atoms with Crippen LogP contribution in [-0.2, 0) is 16.4 Å². The van der Waals surface area contributed by atoms with E-state index in [4.69, 9.17) is 5.73 Å². The molecule has 1 atom stereocenters. The van der Waals surface area contributed by atoms with Gasteiger partial charge < -0.3 is 11.1 Å². The molecule has 1 aromatic rings. The zero-order valence-electron chi connectivity index (χ0n) is 14.6. The lowest BCUT2D eigenvalue weighted by atomic mass is 10.1. The third kappa shape index (κ3) is 6.39. The molecule has 1 aliphatic carbocycles. The highest BCUT2D eigenvalue weighted by Gasteiger charge is 2.31. The fourth-order valence-corrected chi connectivity index (χ4v) is 4.37. The Balaban J connectivity index is 0.00000169. The van der Waals surface area contributed by atoms with E-state index in [1.54, 1.807) is 6.07 Å². The van der Waals surface area contributed by atoms with Crippen LogP contribution in [0.15, 0.2) is 24.3 Å². The number of rotatable bonds is 6. The number of carbonyl (C=O) groups excluding carboxylic acids is 1. The summed E-state index contributed by atoms with van der Waals surface area (Å²) < 4.78 is 23.0. The summed E-state index contributed by atoms with van der Waals surface area (Å²) in [6.07, 6.45) is 2.28. The number of hydrogen-bond acceptors (Lipinski definition) is 5. The van der Waals surface area contributed by atoms with E-state index in [-0.39, 0.29) is 48.3 Å². The van der Waals surface area contributed by atoms with Crippen molar-refractivity contribution >= 4 is 40.6 Å². The van der Waals surface area contributed by atoms with E-state index in [0.29, 0.717) is 37.7 Å². The van der Waals surface area contributed by atoms with Gasteiger partial charge in [-0.1, -0.05) is 12.1 Å². The standard InChI is InChI=1S/C17H25N3O3S.2ClH/c18-11-16(14-4-5-14)19-17(21)15-3-1-2-13(10-15)12-20-6-8-24(22,23)9-7-20;;/h1-3,10,14,16H,4-9,11-12,18H2,(H,19,21);2*1H. The van der Waals surface area contributed by atoms with Crippen molar-refractivity contribution in [3.63, 3.8) is 0 Å². The molecule has 0 radical (unpaired) electrons. The fraction of sp³-hybridized carbons (Fsp3) is 0.588. The van der Waals surface area contributed by atoms with Gasteiger partial charge >= 0.3 is 0 Å². The molecule has 3 rings (SSSR count). The summed E-state index contributed by atoms with van der Waals surface area (Å²) in [6.45, 7) is 2.24. The molecule has 9 heteroatoms. The summed E-state index contributed by atoms with van der Waals surface area (Å²) in [5.74, 6) is 0.873. The topological polar surface area (TPSA) is 92.5 Å². The highest BCUT2D eigenvalue weighted by molar-refractivity contribution is 7.91. The largest absolute Gasteiger partial charge is 0.348 e. The maximum Gasteiger partial charge on any atom is 0.251 e. The molecule has 1 saturated heterocycles. The second-order valence-corrected chi connectivity index (χ2v) is 9.09. The molecule has 1 amide bonds. The third-order valence-corrected chi connectivity index (χ3v) is 6.40. The van der Waals surface area contributed by atoms with Crippen molar-refractivity contribution in [3.8, 4) is 0 Å². The SMILES string of the molecule is Cl.Cl.NCC(NC(=O)c1cccc(CN2CCS(=O)(=O)CC2)c1)C1CC1. The lowest BCUT2D eigenvalue weighted by Crippen LogP contribution is -2.41. The molecule has 1 heterocycles. The number of carbonyl (C=O) groups is 1. The van der Waals surface area contributed by atoms with Gasteiger partial charge in [0.05, 0.1) is 11.5 Å². The van der Waals surface area contributed by atoms with Gasteiger partial charge in [-0.05, 0) is 36.5 Å².